The van der Waals surface area contributed by atoms with E-state index in [0.29, 0.717) is 11.6 Å². The van der Waals surface area contributed by atoms with Crippen LogP contribution in [-0.2, 0) is 0 Å². The van der Waals surface area contributed by atoms with Gasteiger partial charge in [0.2, 0.25) is 0 Å². The Kier molecular flexibility index (Phi) is 3.13. The fraction of sp³-hybridized carbons (Fsp3) is 0.462. The van der Waals surface area contributed by atoms with E-state index in [0.717, 1.165) is 18.6 Å². The molecule has 1 fully saturated rings. The molecular weight excluding hydrogens is 202 g/mol. The standard InChI is InChI=1S/C13H17NO2/c1-9(2)16-12-7-3-10(4-8-12)13(15)14-11-5-6-11/h3-4,7-9,11H,5-6H2,1-2H3,(H,14,15). The second-order valence-electron chi connectivity index (χ2n) is 4.44. The Morgan fingerprint density at radius 1 is 1.31 bits per heavy atom. The van der Waals surface area contributed by atoms with Gasteiger partial charge in [0.15, 0.2) is 0 Å². The van der Waals surface area contributed by atoms with Crippen molar-refractivity contribution in [3.05, 3.63) is 29.8 Å². The first-order valence-corrected chi connectivity index (χ1v) is 5.73. The van der Waals surface area contributed by atoms with E-state index in [4.69, 9.17) is 4.74 Å². The highest BCUT2D eigenvalue weighted by molar-refractivity contribution is 5.94. The van der Waals surface area contributed by atoms with Crippen LogP contribution in [0.4, 0.5) is 0 Å². The highest BCUT2D eigenvalue weighted by Crippen LogP contribution is 2.20. The second kappa shape index (κ2) is 4.56. The first-order chi connectivity index (χ1) is 7.65. The second-order valence-corrected chi connectivity index (χ2v) is 4.44. The quantitative estimate of drug-likeness (QED) is 0.844. The minimum atomic E-state index is 0.0126. The average Bonchev–Trinajstić information content (AvgIpc) is 3.01. The van der Waals surface area contributed by atoms with Crippen LogP contribution in [0.25, 0.3) is 0 Å². The zero-order valence-corrected chi connectivity index (χ0v) is 9.69. The van der Waals surface area contributed by atoms with E-state index < -0.39 is 0 Å². The van der Waals surface area contributed by atoms with Gasteiger partial charge in [-0.15, -0.1) is 0 Å². The lowest BCUT2D eigenvalue weighted by Gasteiger charge is -2.10. The Bertz CT molecular complexity index is 366. The van der Waals surface area contributed by atoms with Crippen molar-refractivity contribution in [2.45, 2.75) is 38.8 Å². The molecule has 16 heavy (non-hydrogen) atoms. The monoisotopic (exact) mass is 219 g/mol. The molecule has 0 spiro atoms. The predicted molar refractivity (Wildman–Crippen MR) is 62.7 cm³/mol. The number of carbonyl (C=O) groups excluding carboxylic acids is 1. The maximum atomic E-state index is 11.7. The van der Waals surface area contributed by atoms with Crippen molar-refractivity contribution in [1.82, 2.24) is 5.32 Å². The van der Waals surface area contributed by atoms with Crippen LogP contribution in [-0.4, -0.2) is 18.1 Å². The largest absolute Gasteiger partial charge is 0.491 e. The van der Waals surface area contributed by atoms with Crippen molar-refractivity contribution >= 4 is 5.91 Å². The summed E-state index contributed by atoms with van der Waals surface area (Å²) in [6.07, 6.45) is 2.38. The van der Waals surface area contributed by atoms with E-state index in [-0.39, 0.29) is 12.0 Å². The van der Waals surface area contributed by atoms with Gasteiger partial charge in [-0.25, -0.2) is 0 Å². The fourth-order valence-corrected chi connectivity index (χ4v) is 1.45. The van der Waals surface area contributed by atoms with Gasteiger partial charge in [-0.3, -0.25) is 4.79 Å². The number of rotatable bonds is 4. The van der Waals surface area contributed by atoms with Gasteiger partial charge in [0.25, 0.3) is 5.91 Å². The van der Waals surface area contributed by atoms with Crippen LogP contribution in [0.2, 0.25) is 0 Å². The van der Waals surface area contributed by atoms with Gasteiger partial charge in [0.1, 0.15) is 5.75 Å². The lowest BCUT2D eigenvalue weighted by molar-refractivity contribution is 0.0951. The number of hydrogen-bond acceptors (Lipinski definition) is 2. The van der Waals surface area contributed by atoms with Gasteiger partial charge < -0.3 is 10.1 Å². The van der Waals surface area contributed by atoms with Crippen LogP contribution < -0.4 is 10.1 Å². The summed E-state index contributed by atoms with van der Waals surface area (Å²) in [5.41, 5.74) is 0.697. The first-order valence-electron chi connectivity index (χ1n) is 5.73. The molecule has 0 radical (unpaired) electrons. The van der Waals surface area contributed by atoms with Gasteiger partial charge in [-0.1, -0.05) is 0 Å². The molecule has 0 heterocycles. The molecule has 1 amide bonds. The Hall–Kier alpha value is -1.51. The van der Waals surface area contributed by atoms with Gasteiger partial charge in [0.05, 0.1) is 6.10 Å². The topological polar surface area (TPSA) is 38.3 Å². The van der Waals surface area contributed by atoms with E-state index in [1.807, 2.05) is 26.0 Å². The van der Waals surface area contributed by atoms with Gasteiger partial charge in [-0.05, 0) is 51.0 Å². The Morgan fingerprint density at radius 3 is 2.44 bits per heavy atom. The molecule has 1 aliphatic rings. The summed E-state index contributed by atoms with van der Waals surface area (Å²) in [7, 11) is 0. The number of amides is 1. The Balaban J connectivity index is 1.97. The molecule has 1 aromatic rings. The minimum absolute atomic E-state index is 0.0126. The average molecular weight is 219 g/mol. The van der Waals surface area contributed by atoms with Crippen LogP contribution in [0, 0.1) is 0 Å². The lowest BCUT2D eigenvalue weighted by atomic mass is 10.2. The minimum Gasteiger partial charge on any atom is -0.491 e. The Labute approximate surface area is 95.8 Å². The predicted octanol–water partition coefficient (Wildman–Crippen LogP) is 2.37. The molecule has 0 unspecified atom stereocenters. The number of benzene rings is 1. The zero-order chi connectivity index (χ0) is 11.5. The zero-order valence-electron chi connectivity index (χ0n) is 9.69. The van der Waals surface area contributed by atoms with Gasteiger partial charge >= 0.3 is 0 Å². The molecular formula is C13H17NO2. The molecule has 0 atom stereocenters. The summed E-state index contributed by atoms with van der Waals surface area (Å²) in [4.78, 5) is 11.7. The molecule has 1 N–H and O–H groups in total. The molecule has 0 aromatic heterocycles. The number of carbonyl (C=O) groups is 1. The fourth-order valence-electron chi connectivity index (χ4n) is 1.45. The summed E-state index contributed by atoms with van der Waals surface area (Å²) >= 11 is 0. The van der Waals surface area contributed by atoms with Crippen LogP contribution in [0.1, 0.15) is 37.0 Å². The molecule has 0 bridgehead atoms. The molecule has 3 nitrogen and oxygen atoms in total. The Morgan fingerprint density at radius 2 is 1.94 bits per heavy atom. The first kappa shape index (κ1) is 11.0. The summed E-state index contributed by atoms with van der Waals surface area (Å²) in [6.45, 7) is 3.96. The third-order valence-corrected chi connectivity index (χ3v) is 2.40. The van der Waals surface area contributed by atoms with Crippen LogP contribution in [0.5, 0.6) is 5.75 Å². The van der Waals surface area contributed by atoms with Crippen molar-refractivity contribution in [1.29, 1.82) is 0 Å². The van der Waals surface area contributed by atoms with Gasteiger partial charge in [0, 0.05) is 11.6 Å². The van der Waals surface area contributed by atoms with Crippen molar-refractivity contribution in [3.8, 4) is 5.75 Å². The molecule has 1 saturated carbocycles. The van der Waals surface area contributed by atoms with Crippen LogP contribution in [0.15, 0.2) is 24.3 Å². The SMILES string of the molecule is CC(C)Oc1ccc(C(=O)NC2CC2)cc1. The third-order valence-electron chi connectivity index (χ3n) is 2.40. The summed E-state index contributed by atoms with van der Waals surface area (Å²) < 4.78 is 5.51. The third kappa shape index (κ3) is 2.99. The summed E-state index contributed by atoms with van der Waals surface area (Å²) in [5.74, 6) is 0.816. The molecule has 86 valence electrons. The van der Waals surface area contributed by atoms with Crippen molar-refractivity contribution in [2.24, 2.45) is 0 Å². The van der Waals surface area contributed by atoms with E-state index >= 15 is 0 Å². The molecule has 2 rings (SSSR count). The number of ether oxygens (including phenoxy) is 1. The normalized spacial score (nSPS) is 14.9. The van der Waals surface area contributed by atoms with E-state index in [9.17, 15) is 4.79 Å². The molecule has 0 aliphatic heterocycles. The number of hydrogen-bond donors (Lipinski definition) is 1. The van der Waals surface area contributed by atoms with E-state index in [2.05, 4.69) is 5.32 Å². The maximum Gasteiger partial charge on any atom is 0.251 e. The van der Waals surface area contributed by atoms with Crippen LogP contribution >= 0.6 is 0 Å². The molecule has 0 saturated heterocycles. The van der Waals surface area contributed by atoms with Crippen molar-refractivity contribution in [3.63, 3.8) is 0 Å². The maximum absolute atomic E-state index is 11.7. The smallest absolute Gasteiger partial charge is 0.251 e. The summed E-state index contributed by atoms with van der Waals surface area (Å²) in [6, 6.07) is 7.67. The molecule has 1 aliphatic carbocycles. The van der Waals surface area contributed by atoms with E-state index in [1.165, 1.54) is 0 Å². The highest BCUT2D eigenvalue weighted by atomic mass is 16.5. The molecule has 1 aromatic carbocycles. The lowest BCUT2D eigenvalue weighted by Crippen LogP contribution is -2.25. The van der Waals surface area contributed by atoms with E-state index in [1.54, 1.807) is 12.1 Å². The van der Waals surface area contributed by atoms with Crippen molar-refractivity contribution in [2.75, 3.05) is 0 Å². The molecule has 3 heteroatoms. The highest BCUT2D eigenvalue weighted by Gasteiger charge is 2.23. The number of nitrogens with one attached hydrogen (secondary N) is 1. The van der Waals surface area contributed by atoms with Crippen LogP contribution in [0.3, 0.4) is 0 Å². The van der Waals surface area contributed by atoms with Gasteiger partial charge in [-0.2, -0.15) is 0 Å². The van der Waals surface area contributed by atoms with Crippen molar-refractivity contribution < 1.29 is 9.53 Å². The summed E-state index contributed by atoms with van der Waals surface area (Å²) in [5, 5.41) is 2.95.